The van der Waals surface area contributed by atoms with E-state index in [1.165, 1.54) is 0 Å². The smallest absolute Gasteiger partial charge is 0.249 e. The van der Waals surface area contributed by atoms with Crippen LogP contribution in [-0.2, 0) is 0 Å². The van der Waals surface area contributed by atoms with Gasteiger partial charge in [0, 0.05) is 5.56 Å². The molecule has 0 saturated carbocycles. The van der Waals surface area contributed by atoms with Crippen molar-refractivity contribution in [1.29, 1.82) is 0 Å². The van der Waals surface area contributed by atoms with Crippen molar-refractivity contribution in [1.82, 2.24) is 0 Å². The SMILES string of the molecule is NC(=O)c1ccccc1C#CC#CCO. The molecule has 0 spiro atoms. The van der Waals surface area contributed by atoms with Crippen molar-refractivity contribution in [2.75, 3.05) is 6.61 Å². The topological polar surface area (TPSA) is 63.3 Å². The second-order valence-corrected chi connectivity index (χ2v) is 2.62. The van der Waals surface area contributed by atoms with Crippen LogP contribution in [0.15, 0.2) is 24.3 Å². The minimum atomic E-state index is -0.519. The molecular formula is C12H9NO2. The number of hydrogen-bond acceptors (Lipinski definition) is 2. The molecule has 1 rings (SSSR count). The summed E-state index contributed by atoms with van der Waals surface area (Å²) in [6.07, 6.45) is 0. The average molecular weight is 199 g/mol. The number of aliphatic hydroxyl groups excluding tert-OH is 1. The van der Waals surface area contributed by atoms with E-state index < -0.39 is 5.91 Å². The Morgan fingerprint density at radius 3 is 2.73 bits per heavy atom. The molecule has 0 saturated heterocycles. The van der Waals surface area contributed by atoms with Crippen LogP contribution >= 0.6 is 0 Å². The van der Waals surface area contributed by atoms with E-state index in [-0.39, 0.29) is 6.61 Å². The summed E-state index contributed by atoms with van der Waals surface area (Å²) >= 11 is 0. The lowest BCUT2D eigenvalue weighted by atomic mass is 10.1. The lowest BCUT2D eigenvalue weighted by Crippen LogP contribution is -2.12. The Morgan fingerprint density at radius 1 is 1.33 bits per heavy atom. The molecule has 0 atom stereocenters. The van der Waals surface area contributed by atoms with Crippen LogP contribution in [0.1, 0.15) is 15.9 Å². The molecule has 15 heavy (non-hydrogen) atoms. The van der Waals surface area contributed by atoms with Gasteiger partial charge in [0.1, 0.15) is 6.61 Å². The first-order valence-corrected chi connectivity index (χ1v) is 4.24. The van der Waals surface area contributed by atoms with Crippen molar-refractivity contribution in [3.8, 4) is 23.7 Å². The molecule has 3 heteroatoms. The molecular weight excluding hydrogens is 190 g/mol. The molecule has 0 bridgehead atoms. The third kappa shape index (κ3) is 3.19. The lowest BCUT2D eigenvalue weighted by molar-refractivity contribution is 0.1000. The van der Waals surface area contributed by atoms with Gasteiger partial charge >= 0.3 is 0 Å². The Bertz CT molecular complexity index is 484. The first-order chi connectivity index (χ1) is 7.25. The molecule has 0 heterocycles. The predicted molar refractivity (Wildman–Crippen MR) is 56.7 cm³/mol. The number of benzene rings is 1. The van der Waals surface area contributed by atoms with Crippen LogP contribution in [0.3, 0.4) is 0 Å². The summed E-state index contributed by atoms with van der Waals surface area (Å²) in [6, 6.07) is 6.76. The number of aliphatic hydroxyl groups is 1. The summed E-state index contributed by atoms with van der Waals surface area (Å²) in [5.74, 6) is 9.51. The average Bonchev–Trinajstić information content (AvgIpc) is 2.25. The third-order valence-electron chi connectivity index (χ3n) is 1.62. The zero-order chi connectivity index (χ0) is 11.1. The monoisotopic (exact) mass is 199 g/mol. The van der Waals surface area contributed by atoms with Gasteiger partial charge in [-0.2, -0.15) is 0 Å². The van der Waals surface area contributed by atoms with Gasteiger partial charge in [-0.15, -0.1) is 0 Å². The van der Waals surface area contributed by atoms with Gasteiger partial charge in [-0.05, 0) is 24.0 Å². The van der Waals surface area contributed by atoms with E-state index in [1.807, 2.05) is 0 Å². The fourth-order valence-electron chi connectivity index (χ4n) is 0.989. The summed E-state index contributed by atoms with van der Waals surface area (Å²) in [7, 11) is 0. The van der Waals surface area contributed by atoms with Crippen LogP contribution in [0.5, 0.6) is 0 Å². The van der Waals surface area contributed by atoms with Crippen LogP contribution < -0.4 is 5.73 Å². The maximum absolute atomic E-state index is 11.0. The van der Waals surface area contributed by atoms with Gasteiger partial charge < -0.3 is 10.8 Å². The molecule has 1 amide bonds. The summed E-state index contributed by atoms with van der Waals surface area (Å²) in [4.78, 5) is 11.0. The maximum Gasteiger partial charge on any atom is 0.249 e. The van der Waals surface area contributed by atoms with Gasteiger partial charge in [0.15, 0.2) is 0 Å². The Hall–Kier alpha value is -2.23. The molecule has 1 aromatic carbocycles. The quantitative estimate of drug-likeness (QED) is 0.631. The molecule has 3 nitrogen and oxygen atoms in total. The molecule has 0 unspecified atom stereocenters. The minimum Gasteiger partial charge on any atom is -0.384 e. The molecule has 0 radical (unpaired) electrons. The van der Waals surface area contributed by atoms with E-state index in [0.29, 0.717) is 11.1 Å². The number of hydrogen-bond donors (Lipinski definition) is 2. The highest BCUT2D eigenvalue weighted by molar-refractivity contribution is 5.95. The van der Waals surface area contributed by atoms with Crippen LogP contribution in [0.2, 0.25) is 0 Å². The van der Waals surface area contributed by atoms with Gasteiger partial charge in [-0.1, -0.05) is 24.0 Å². The number of carbonyl (C=O) groups excluding carboxylic acids is 1. The second kappa shape index (κ2) is 5.49. The van der Waals surface area contributed by atoms with Crippen LogP contribution in [0.4, 0.5) is 0 Å². The van der Waals surface area contributed by atoms with Crippen molar-refractivity contribution in [2.45, 2.75) is 0 Å². The van der Waals surface area contributed by atoms with Crippen molar-refractivity contribution in [3.05, 3.63) is 35.4 Å². The van der Waals surface area contributed by atoms with Gasteiger partial charge in [-0.3, -0.25) is 4.79 Å². The van der Waals surface area contributed by atoms with E-state index in [2.05, 4.69) is 23.7 Å². The fourth-order valence-corrected chi connectivity index (χ4v) is 0.989. The zero-order valence-electron chi connectivity index (χ0n) is 7.95. The Balaban J connectivity index is 3.02. The van der Waals surface area contributed by atoms with E-state index in [4.69, 9.17) is 10.8 Å². The summed E-state index contributed by atoms with van der Waals surface area (Å²) in [5.41, 5.74) is 6.07. The van der Waals surface area contributed by atoms with Crippen LogP contribution in [-0.4, -0.2) is 17.6 Å². The second-order valence-electron chi connectivity index (χ2n) is 2.62. The molecule has 0 fully saturated rings. The summed E-state index contributed by atoms with van der Waals surface area (Å²) in [6.45, 7) is -0.230. The number of primary amides is 1. The van der Waals surface area contributed by atoms with Crippen molar-refractivity contribution in [3.63, 3.8) is 0 Å². The predicted octanol–water partition coefficient (Wildman–Crippen LogP) is 0.133. The number of nitrogens with two attached hydrogens (primary N) is 1. The Morgan fingerprint density at radius 2 is 2.07 bits per heavy atom. The Kier molecular flexibility index (Phi) is 3.97. The first-order valence-electron chi connectivity index (χ1n) is 4.24. The molecule has 3 N–H and O–H groups in total. The zero-order valence-corrected chi connectivity index (χ0v) is 7.95. The molecule has 74 valence electrons. The van der Waals surface area contributed by atoms with Crippen molar-refractivity contribution >= 4 is 5.91 Å². The van der Waals surface area contributed by atoms with E-state index >= 15 is 0 Å². The largest absolute Gasteiger partial charge is 0.384 e. The fraction of sp³-hybridized carbons (Fsp3) is 0.0833. The third-order valence-corrected chi connectivity index (χ3v) is 1.62. The molecule has 0 aliphatic carbocycles. The van der Waals surface area contributed by atoms with E-state index in [0.717, 1.165) is 0 Å². The highest BCUT2D eigenvalue weighted by Gasteiger charge is 2.03. The lowest BCUT2D eigenvalue weighted by Gasteiger charge is -1.97. The molecule has 0 aromatic heterocycles. The van der Waals surface area contributed by atoms with Gasteiger partial charge in [0.05, 0.1) is 5.56 Å². The maximum atomic E-state index is 11.0. The summed E-state index contributed by atoms with van der Waals surface area (Å²) in [5, 5.41) is 8.39. The van der Waals surface area contributed by atoms with Crippen molar-refractivity contribution in [2.24, 2.45) is 5.73 Å². The van der Waals surface area contributed by atoms with E-state index in [1.54, 1.807) is 24.3 Å². The van der Waals surface area contributed by atoms with E-state index in [9.17, 15) is 4.79 Å². The number of carbonyl (C=O) groups is 1. The number of rotatable bonds is 1. The summed E-state index contributed by atoms with van der Waals surface area (Å²) < 4.78 is 0. The molecule has 0 aliphatic heterocycles. The first kappa shape index (κ1) is 10.8. The minimum absolute atomic E-state index is 0.230. The van der Waals surface area contributed by atoms with Gasteiger partial charge in [0.25, 0.3) is 0 Å². The van der Waals surface area contributed by atoms with Gasteiger partial charge in [0.2, 0.25) is 5.91 Å². The van der Waals surface area contributed by atoms with Crippen molar-refractivity contribution < 1.29 is 9.90 Å². The molecule has 0 aliphatic rings. The standard InChI is InChI=1S/C12H9NO2/c13-12(15)11-8-4-3-7-10(11)6-2-1-5-9-14/h3-4,7-8,14H,9H2,(H2,13,15). The normalized spacial score (nSPS) is 8.07. The Labute approximate surface area is 87.9 Å². The molecule has 1 aromatic rings. The van der Waals surface area contributed by atoms with Crippen LogP contribution in [0, 0.1) is 23.7 Å². The highest BCUT2D eigenvalue weighted by atomic mass is 16.2. The number of amides is 1. The highest BCUT2D eigenvalue weighted by Crippen LogP contribution is 2.05. The van der Waals surface area contributed by atoms with Gasteiger partial charge in [-0.25, -0.2) is 0 Å². The van der Waals surface area contributed by atoms with Crippen LogP contribution in [0.25, 0.3) is 0 Å².